The summed E-state index contributed by atoms with van der Waals surface area (Å²) >= 11 is 0. The molecule has 0 bridgehead atoms. The molecule has 3 nitrogen and oxygen atoms in total. The molecule has 1 aliphatic carbocycles. The topological polar surface area (TPSA) is 38.0 Å². The first-order valence-electron chi connectivity index (χ1n) is 6.67. The highest BCUT2D eigenvalue weighted by Gasteiger charge is 2.35. The van der Waals surface area contributed by atoms with E-state index in [0.717, 1.165) is 30.2 Å². The van der Waals surface area contributed by atoms with Gasteiger partial charge in [-0.2, -0.15) is 5.10 Å². The van der Waals surface area contributed by atoms with Gasteiger partial charge in [0.15, 0.2) is 0 Å². The highest BCUT2D eigenvalue weighted by molar-refractivity contribution is 5.78. The zero-order chi connectivity index (χ0) is 12.8. The molecule has 18 heavy (non-hydrogen) atoms. The molecule has 2 unspecified atom stereocenters. The molecule has 1 aromatic heterocycles. The molecule has 2 atom stereocenters. The summed E-state index contributed by atoms with van der Waals surface area (Å²) in [5.74, 6) is 0. The second kappa shape index (κ2) is 4.09. The Bertz CT molecular complexity index is 558. The van der Waals surface area contributed by atoms with Gasteiger partial charge in [0.1, 0.15) is 0 Å². The van der Waals surface area contributed by atoms with E-state index in [2.05, 4.69) is 31.1 Å². The minimum Gasteiger partial charge on any atom is -0.391 e. The van der Waals surface area contributed by atoms with Crippen molar-refractivity contribution in [3.05, 3.63) is 30.5 Å². The van der Waals surface area contributed by atoms with Crippen LogP contribution in [0.3, 0.4) is 0 Å². The number of aliphatic hydroxyl groups is 1. The molecule has 3 heteroatoms. The average Bonchev–Trinajstić information content (AvgIpc) is 2.76. The summed E-state index contributed by atoms with van der Waals surface area (Å²) in [6, 6.07) is 8.31. The van der Waals surface area contributed by atoms with Gasteiger partial charge < -0.3 is 5.11 Å². The van der Waals surface area contributed by atoms with Crippen molar-refractivity contribution in [1.29, 1.82) is 0 Å². The molecule has 0 amide bonds. The highest BCUT2D eigenvalue weighted by atomic mass is 16.3. The van der Waals surface area contributed by atoms with Crippen LogP contribution in [-0.4, -0.2) is 21.0 Å². The van der Waals surface area contributed by atoms with E-state index in [4.69, 9.17) is 0 Å². The lowest BCUT2D eigenvalue weighted by Gasteiger charge is -2.38. The van der Waals surface area contributed by atoms with Gasteiger partial charge in [-0.25, -0.2) is 0 Å². The second-order valence-corrected chi connectivity index (χ2v) is 6.19. The van der Waals surface area contributed by atoms with Crippen LogP contribution in [0.1, 0.15) is 39.2 Å². The second-order valence-electron chi connectivity index (χ2n) is 6.19. The number of para-hydroxylation sites is 1. The normalized spacial score (nSPS) is 27.5. The largest absolute Gasteiger partial charge is 0.391 e. The molecule has 1 aliphatic rings. The van der Waals surface area contributed by atoms with Crippen molar-refractivity contribution in [3.8, 4) is 0 Å². The van der Waals surface area contributed by atoms with Crippen molar-refractivity contribution in [2.24, 2.45) is 5.41 Å². The van der Waals surface area contributed by atoms with E-state index in [1.807, 2.05) is 23.0 Å². The van der Waals surface area contributed by atoms with Crippen molar-refractivity contribution < 1.29 is 5.11 Å². The van der Waals surface area contributed by atoms with Gasteiger partial charge in [0.05, 0.1) is 23.9 Å². The zero-order valence-corrected chi connectivity index (χ0v) is 11.0. The quantitative estimate of drug-likeness (QED) is 0.836. The molecule has 0 aliphatic heterocycles. The van der Waals surface area contributed by atoms with E-state index < -0.39 is 0 Å². The molecule has 0 spiro atoms. The Kier molecular flexibility index (Phi) is 2.67. The van der Waals surface area contributed by atoms with Gasteiger partial charge in [0.2, 0.25) is 0 Å². The van der Waals surface area contributed by atoms with Gasteiger partial charge in [0, 0.05) is 5.39 Å². The average molecular weight is 244 g/mol. The number of nitrogens with zero attached hydrogens (tertiary/aromatic N) is 2. The summed E-state index contributed by atoms with van der Waals surface area (Å²) in [6.45, 7) is 4.55. The first-order chi connectivity index (χ1) is 8.57. The lowest BCUT2D eigenvalue weighted by Crippen LogP contribution is -2.35. The molecule has 0 saturated heterocycles. The molecule has 1 N–H and O–H groups in total. The summed E-state index contributed by atoms with van der Waals surface area (Å²) in [7, 11) is 0. The van der Waals surface area contributed by atoms with Crippen LogP contribution >= 0.6 is 0 Å². The third-order valence-electron chi connectivity index (χ3n) is 4.14. The number of hydrogen-bond acceptors (Lipinski definition) is 2. The summed E-state index contributed by atoms with van der Waals surface area (Å²) < 4.78 is 2.01. The maximum Gasteiger partial charge on any atom is 0.0790 e. The Morgan fingerprint density at radius 2 is 2.11 bits per heavy atom. The van der Waals surface area contributed by atoms with Crippen LogP contribution in [0.2, 0.25) is 0 Å². The fraction of sp³-hybridized carbons (Fsp3) is 0.533. The molecule has 0 radical (unpaired) electrons. The van der Waals surface area contributed by atoms with Crippen molar-refractivity contribution >= 4 is 10.9 Å². The van der Waals surface area contributed by atoms with E-state index >= 15 is 0 Å². The van der Waals surface area contributed by atoms with E-state index in [1.165, 1.54) is 0 Å². The molecule has 1 fully saturated rings. The summed E-state index contributed by atoms with van der Waals surface area (Å²) in [5.41, 5.74) is 1.41. The first-order valence-corrected chi connectivity index (χ1v) is 6.67. The van der Waals surface area contributed by atoms with Gasteiger partial charge in [-0.15, -0.1) is 0 Å². The summed E-state index contributed by atoms with van der Waals surface area (Å²) in [6.07, 6.45) is 4.56. The predicted molar refractivity (Wildman–Crippen MR) is 72.4 cm³/mol. The van der Waals surface area contributed by atoms with Crippen LogP contribution in [-0.2, 0) is 0 Å². The maximum atomic E-state index is 10.3. The van der Waals surface area contributed by atoms with Gasteiger partial charge in [-0.1, -0.05) is 32.0 Å². The number of hydrogen-bond donors (Lipinski definition) is 1. The number of aromatic nitrogens is 2. The number of aliphatic hydroxyl groups excluding tert-OH is 1. The Balaban J connectivity index is 2.02. The van der Waals surface area contributed by atoms with E-state index in [9.17, 15) is 5.11 Å². The maximum absolute atomic E-state index is 10.3. The van der Waals surface area contributed by atoms with Crippen LogP contribution in [0.5, 0.6) is 0 Å². The van der Waals surface area contributed by atoms with Crippen molar-refractivity contribution in [2.45, 2.75) is 45.3 Å². The summed E-state index contributed by atoms with van der Waals surface area (Å²) in [5, 5.41) is 15.9. The first kappa shape index (κ1) is 11.7. The molecule has 1 aromatic carbocycles. The standard InChI is InChI=1S/C15H20N2O/c1-15(2)8-7-14(18)13(9-15)17-12-6-4-3-5-11(12)10-16-17/h3-6,10,13-14,18H,7-9H2,1-2H3. The fourth-order valence-electron chi connectivity index (χ4n) is 3.04. The molecule has 2 aromatic rings. The number of fused-ring (bicyclic) bond motifs is 1. The highest BCUT2D eigenvalue weighted by Crippen LogP contribution is 2.41. The third kappa shape index (κ3) is 1.93. The molecule has 1 saturated carbocycles. The molecule has 96 valence electrons. The monoisotopic (exact) mass is 244 g/mol. The van der Waals surface area contributed by atoms with Gasteiger partial charge in [0.25, 0.3) is 0 Å². The Morgan fingerprint density at radius 1 is 1.33 bits per heavy atom. The van der Waals surface area contributed by atoms with Crippen molar-refractivity contribution in [2.75, 3.05) is 0 Å². The number of rotatable bonds is 1. The SMILES string of the molecule is CC1(C)CCC(O)C(n2ncc3ccccc32)C1. The summed E-state index contributed by atoms with van der Waals surface area (Å²) in [4.78, 5) is 0. The Hall–Kier alpha value is -1.35. The van der Waals surface area contributed by atoms with Gasteiger partial charge >= 0.3 is 0 Å². The predicted octanol–water partition coefficient (Wildman–Crippen LogP) is 3.15. The van der Waals surface area contributed by atoms with Crippen LogP contribution in [0.15, 0.2) is 30.5 Å². The third-order valence-corrected chi connectivity index (χ3v) is 4.14. The lowest BCUT2D eigenvalue weighted by atomic mass is 9.74. The Morgan fingerprint density at radius 3 is 2.94 bits per heavy atom. The minimum atomic E-state index is -0.277. The van der Waals surface area contributed by atoms with Crippen LogP contribution in [0.4, 0.5) is 0 Å². The Labute approximate surface area is 107 Å². The molecule has 1 heterocycles. The van der Waals surface area contributed by atoms with E-state index in [0.29, 0.717) is 0 Å². The number of benzene rings is 1. The fourth-order valence-corrected chi connectivity index (χ4v) is 3.04. The van der Waals surface area contributed by atoms with Crippen molar-refractivity contribution in [1.82, 2.24) is 9.78 Å². The zero-order valence-electron chi connectivity index (χ0n) is 11.0. The van der Waals surface area contributed by atoms with Gasteiger partial charge in [-0.3, -0.25) is 4.68 Å². The van der Waals surface area contributed by atoms with Crippen LogP contribution in [0, 0.1) is 5.41 Å². The molecule has 3 rings (SSSR count). The molecular weight excluding hydrogens is 224 g/mol. The van der Waals surface area contributed by atoms with Crippen LogP contribution < -0.4 is 0 Å². The molecular formula is C15H20N2O. The van der Waals surface area contributed by atoms with Gasteiger partial charge in [-0.05, 0) is 30.7 Å². The minimum absolute atomic E-state index is 0.105. The lowest BCUT2D eigenvalue weighted by molar-refractivity contribution is 0.0247. The van der Waals surface area contributed by atoms with E-state index in [-0.39, 0.29) is 17.6 Å². The van der Waals surface area contributed by atoms with Crippen LogP contribution in [0.25, 0.3) is 10.9 Å². The van der Waals surface area contributed by atoms with Crippen molar-refractivity contribution in [3.63, 3.8) is 0 Å². The smallest absolute Gasteiger partial charge is 0.0790 e. The van der Waals surface area contributed by atoms with E-state index in [1.54, 1.807) is 0 Å².